The van der Waals surface area contributed by atoms with Gasteiger partial charge in [0.05, 0.1) is 19.8 Å². The van der Waals surface area contributed by atoms with Crippen LogP contribution in [0, 0.1) is 0 Å². The number of aliphatic hydroxyl groups is 7. The molecule has 76 heavy (non-hydrogen) atoms. The second-order valence-corrected chi connectivity index (χ2v) is 22.2. The molecule has 2 aliphatic rings. The Hall–Kier alpha value is -1.76. The average Bonchev–Trinajstić information content (AvgIpc) is 3.41. The number of esters is 2. The molecule has 0 bridgehead atoms. The van der Waals surface area contributed by atoms with E-state index in [0.29, 0.717) is 12.8 Å². The number of hydrogen-bond donors (Lipinski definition) is 7. The second-order valence-electron chi connectivity index (χ2n) is 22.2. The first-order valence-corrected chi connectivity index (χ1v) is 31.3. The zero-order chi connectivity index (χ0) is 55.3. The van der Waals surface area contributed by atoms with Gasteiger partial charge in [-0.2, -0.15) is 0 Å². The van der Waals surface area contributed by atoms with Crippen LogP contribution in [0.1, 0.15) is 271 Å². The van der Waals surface area contributed by atoms with Gasteiger partial charge in [-0.05, 0) is 38.5 Å². The van der Waals surface area contributed by atoms with Crippen LogP contribution in [0.3, 0.4) is 0 Å². The standard InChI is InChI=1S/C61H114O15/c1-3-5-7-9-11-13-15-17-19-21-23-24-25-26-28-29-31-33-35-37-39-41-43-52(63)71-46-49(74-53(64)44-42-40-38-36-34-32-30-27-22-20-18-16-14-12-10-8-6-4-2)47-72-60-59(70)57(68)55(66)51(76-60)48-73-61-58(69)56(67)54(65)50(45-62)75-61/h20,22,49-51,54-62,65-70H,3-19,21,23-48H2,1-2H3/b22-20-. The Bertz CT molecular complexity index is 1370. The Kier molecular flexibility index (Phi) is 44.4. The summed E-state index contributed by atoms with van der Waals surface area (Å²) < 4.78 is 33.8. The number of unbranched alkanes of at least 4 members (excludes halogenated alkanes) is 35. The number of carbonyl (C=O) groups excluding carboxylic acids is 2. The predicted octanol–water partition coefficient (Wildman–Crippen LogP) is 11.3. The quantitative estimate of drug-likeness (QED) is 0.0171. The molecule has 0 saturated carbocycles. The molecule has 0 aromatic rings. The van der Waals surface area contributed by atoms with Crippen LogP contribution in [-0.4, -0.2) is 142 Å². The first kappa shape index (κ1) is 70.3. The minimum Gasteiger partial charge on any atom is -0.462 e. The van der Waals surface area contributed by atoms with E-state index in [1.165, 1.54) is 180 Å². The largest absolute Gasteiger partial charge is 0.462 e. The summed E-state index contributed by atoms with van der Waals surface area (Å²) in [4.78, 5) is 25.9. The molecular weight excluding hydrogens is 973 g/mol. The lowest BCUT2D eigenvalue weighted by atomic mass is 9.98. The van der Waals surface area contributed by atoms with Crippen LogP contribution in [0.4, 0.5) is 0 Å². The van der Waals surface area contributed by atoms with E-state index in [1.807, 2.05) is 0 Å². The normalized spacial score (nSPS) is 24.3. The van der Waals surface area contributed by atoms with Crippen molar-refractivity contribution >= 4 is 11.9 Å². The highest BCUT2D eigenvalue weighted by Gasteiger charge is 2.47. The molecule has 0 radical (unpaired) electrons. The lowest BCUT2D eigenvalue weighted by molar-refractivity contribution is -0.332. The molecule has 11 unspecified atom stereocenters. The van der Waals surface area contributed by atoms with Gasteiger partial charge in [-0.25, -0.2) is 0 Å². The van der Waals surface area contributed by atoms with Gasteiger partial charge in [-0.15, -0.1) is 0 Å². The van der Waals surface area contributed by atoms with Crippen LogP contribution < -0.4 is 0 Å². The fourth-order valence-electron chi connectivity index (χ4n) is 10.2. The molecule has 0 aromatic carbocycles. The molecule has 2 fully saturated rings. The third-order valence-corrected chi connectivity index (χ3v) is 15.2. The second kappa shape index (κ2) is 48.0. The van der Waals surface area contributed by atoms with Crippen LogP contribution in [0.2, 0.25) is 0 Å². The number of carbonyl (C=O) groups is 2. The SMILES string of the molecule is CCCCCCCCC/C=C\CCCCCCCCCC(=O)OC(COC(=O)CCCCCCCCCCCCCCCCCCCCCCCC)COC1OC(COC2OC(CO)C(O)C(O)C2O)C(O)C(O)C1O. The van der Waals surface area contributed by atoms with Crippen molar-refractivity contribution in [3.8, 4) is 0 Å². The molecule has 0 spiro atoms. The van der Waals surface area contributed by atoms with Gasteiger partial charge >= 0.3 is 11.9 Å². The van der Waals surface area contributed by atoms with Gasteiger partial charge in [0.15, 0.2) is 18.7 Å². The topological polar surface area (TPSA) is 231 Å². The highest BCUT2D eigenvalue weighted by Crippen LogP contribution is 2.27. The van der Waals surface area contributed by atoms with E-state index in [2.05, 4.69) is 26.0 Å². The maximum atomic E-state index is 13.1. The summed E-state index contributed by atoms with van der Waals surface area (Å²) in [6, 6.07) is 0. The first-order chi connectivity index (χ1) is 37.0. The van der Waals surface area contributed by atoms with E-state index in [4.69, 9.17) is 28.4 Å². The van der Waals surface area contributed by atoms with Gasteiger partial charge < -0.3 is 64.2 Å². The number of allylic oxidation sites excluding steroid dienone is 2. The number of ether oxygens (including phenoxy) is 6. The third kappa shape index (κ3) is 34.4. The van der Waals surface area contributed by atoms with E-state index in [0.717, 1.165) is 51.4 Å². The summed E-state index contributed by atoms with van der Waals surface area (Å²) in [6.45, 7) is 2.65. The maximum Gasteiger partial charge on any atom is 0.306 e. The zero-order valence-corrected chi connectivity index (χ0v) is 48.0. The van der Waals surface area contributed by atoms with E-state index in [1.54, 1.807) is 0 Å². The van der Waals surface area contributed by atoms with Crippen LogP contribution >= 0.6 is 0 Å². The van der Waals surface area contributed by atoms with Gasteiger partial charge in [0.1, 0.15) is 55.4 Å². The van der Waals surface area contributed by atoms with Crippen LogP contribution in [0.25, 0.3) is 0 Å². The molecule has 2 aliphatic heterocycles. The van der Waals surface area contributed by atoms with Gasteiger partial charge in [-0.1, -0.05) is 231 Å². The smallest absolute Gasteiger partial charge is 0.306 e. The van der Waals surface area contributed by atoms with Gasteiger partial charge in [-0.3, -0.25) is 9.59 Å². The molecule has 2 rings (SSSR count). The lowest BCUT2D eigenvalue weighted by Crippen LogP contribution is -2.61. The van der Waals surface area contributed by atoms with E-state index in [9.17, 15) is 45.3 Å². The molecule has 15 nitrogen and oxygen atoms in total. The first-order valence-electron chi connectivity index (χ1n) is 31.3. The fraction of sp³-hybridized carbons (Fsp3) is 0.934. The number of hydrogen-bond acceptors (Lipinski definition) is 15. The Morgan fingerprint density at radius 3 is 1.16 bits per heavy atom. The molecule has 0 aromatic heterocycles. The predicted molar refractivity (Wildman–Crippen MR) is 298 cm³/mol. The summed E-state index contributed by atoms with van der Waals surface area (Å²) in [5.74, 6) is -0.912. The highest BCUT2D eigenvalue weighted by atomic mass is 16.7. The van der Waals surface area contributed by atoms with Crippen LogP contribution in [0.15, 0.2) is 12.2 Å². The van der Waals surface area contributed by atoms with Crippen molar-refractivity contribution < 1.29 is 73.8 Å². The average molecular weight is 1090 g/mol. The zero-order valence-electron chi connectivity index (χ0n) is 48.0. The Morgan fingerprint density at radius 1 is 0.408 bits per heavy atom. The summed E-state index contributed by atoms with van der Waals surface area (Å²) in [6.07, 6.45) is 35.2. The minimum atomic E-state index is -1.76. The van der Waals surface area contributed by atoms with Crippen molar-refractivity contribution in [3.05, 3.63) is 12.2 Å². The Balaban J connectivity index is 1.71. The van der Waals surface area contributed by atoms with Gasteiger partial charge in [0.2, 0.25) is 0 Å². The Labute approximate surface area is 460 Å². The molecular formula is C61H114O15. The van der Waals surface area contributed by atoms with E-state index >= 15 is 0 Å². The monoisotopic (exact) mass is 1090 g/mol. The third-order valence-electron chi connectivity index (χ3n) is 15.2. The van der Waals surface area contributed by atoms with Gasteiger partial charge in [0.25, 0.3) is 0 Å². The number of aliphatic hydroxyl groups excluding tert-OH is 7. The van der Waals surface area contributed by atoms with Gasteiger partial charge in [0, 0.05) is 12.8 Å². The summed E-state index contributed by atoms with van der Waals surface area (Å²) >= 11 is 0. The van der Waals surface area contributed by atoms with Crippen molar-refractivity contribution in [3.63, 3.8) is 0 Å². The van der Waals surface area contributed by atoms with E-state index in [-0.39, 0.29) is 26.1 Å². The number of rotatable bonds is 51. The summed E-state index contributed by atoms with van der Waals surface area (Å²) in [5.41, 5.74) is 0. The minimum absolute atomic E-state index is 0.165. The van der Waals surface area contributed by atoms with E-state index < -0.39 is 92.7 Å². The van der Waals surface area contributed by atoms with Crippen molar-refractivity contribution in [2.75, 3.05) is 26.4 Å². The molecule has 2 heterocycles. The molecule has 0 aliphatic carbocycles. The molecule has 15 heteroatoms. The summed E-state index contributed by atoms with van der Waals surface area (Å²) in [7, 11) is 0. The molecule has 2 saturated heterocycles. The highest BCUT2D eigenvalue weighted by molar-refractivity contribution is 5.70. The molecule has 0 amide bonds. The molecule has 11 atom stereocenters. The van der Waals surface area contributed by atoms with Crippen LogP contribution in [-0.2, 0) is 38.0 Å². The maximum absolute atomic E-state index is 13.1. The van der Waals surface area contributed by atoms with Crippen molar-refractivity contribution in [2.24, 2.45) is 0 Å². The van der Waals surface area contributed by atoms with Crippen molar-refractivity contribution in [1.82, 2.24) is 0 Å². The van der Waals surface area contributed by atoms with Crippen molar-refractivity contribution in [2.45, 2.75) is 338 Å². The molecule has 448 valence electrons. The van der Waals surface area contributed by atoms with Crippen molar-refractivity contribution in [1.29, 1.82) is 0 Å². The summed E-state index contributed by atoms with van der Waals surface area (Å²) in [5, 5.41) is 72.4. The Morgan fingerprint density at radius 2 is 0.750 bits per heavy atom. The van der Waals surface area contributed by atoms with Crippen LogP contribution in [0.5, 0.6) is 0 Å². The lowest BCUT2D eigenvalue weighted by Gasteiger charge is -2.42. The fourth-order valence-corrected chi connectivity index (χ4v) is 10.2. The molecule has 7 N–H and O–H groups in total.